The van der Waals surface area contributed by atoms with Gasteiger partial charge in [0.15, 0.2) is 0 Å². The molecule has 2 amide bonds. The second-order valence-corrected chi connectivity index (χ2v) is 6.03. The maximum absolute atomic E-state index is 12.3. The molecule has 0 spiro atoms. The lowest BCUT2D eigenvalue weighted by molar-refractivity contribution is 0.0937. The third-order valence-electron chi connectivity index (χ3n) is 4.22. The van der Waals surface area contributed by atoms with Crippen molar-refractivity contribution in [3.05, 3.63) is 59.4 Å². The summed E-state index contributed by atoms with van der Waals surface area (Å²) in [5, 5.41) is 14.5. The predicted molar refractivity (Wildman–Crippen MR) is 93.1 cm³/mol. The van der Waals surface area contributed by atoms with E-state index >= 15 is 0 Å². The molecule has 0 bridgehead atoms. The second kappa shape index (κ2) is 7.58. The highest BCUT2D eigenvalue weighted by Gasteiger charge is 2.19. The highest BCUT2D eigenvalue weighted by Crippen LogP contribution is 2.18. The molecule has 3 rings (SSSR count). The van der Waals surface area contributed by atoms with E-state index in [-0.39, 0.29) is 17.6 Å². The molecule has 0 saturated heterocycles. The Bertz CT molecular complexity index is 818. The van der Waals surface area contributed by atoms with Crippen LogP contribution in [0.25, 0.3) is 0 Å². The summed E-state index contributed by atoms with van der Waals surface area (Å²) >= 11 is 0. The van der Waals surface area contributed by atoms with Crippen molar-refractivity contribution in [3.8, 4) is 6.07 Å². The lowest BCUT2D eigenvalue weighted by Gasteiger charge is -2.12. The van der Waals surface area contributed by atoms with Crippen LogP contribution in [0.1, 0.15) is 52.1 Å². The van der Waals surface area contributed by atoms with Crippen LogP contribution in [-0.2, 0) is 0 Å². The number of carbonyl (C=O) groups excluding carboxylic acids is 2. The van der Waals surface area contributed by atoms with E-state index in [1.807, 2.05) is 6.07 Å². The molecule has 1 aromatic carbocycles. The Morgan fingerprint density at radius 1 is 1.08 bits per heavy atom. The van der Waals surface area contributed by atoms with E-state index < -0.39 is 5.91 Å². The van der Waals surface area contributed by atoms with Gasteiger partial charge in [0.2, 0.25) is 0 Å². The van der Waals surface area contributed by atoms with Gasteiger partial charge < -0.3 is 10.6 Å². The number of aromatic nitrogens is 1. The Hall–Kier alpha value is -3.20. The van der Waals surface area contributed by atoms with Gasteiger partial charge in [-0.2, -0.15) is 5.26 Å². The van der Waals surface area contributed by atoms with Crippen molar-refractivity contribution in [3.63, 3.8) is 0 Å². The van der Waals surface area contributed by atoms with Crippen LogP contribution in [0.15, 0.2) is 42.6 Å². The van der Waals surface area contributed by atoms with E-state index in [1.54, 1.807) is 30.3 Å². The predicted octanol–water partition coefficient (Wildman–Crippen LogP) is 2.88. The lowest BCUT2D eigenvalue weighted by Crippen LogP contribution is -2.32. The second-order valence-electron chi connectivity index (χ2n) is 6.03. The van der Waals surface area contributed by atoms with Crippen molar-refractivity contribution in [1.82, 2.24) is 10.3 Å². The first kappa shape index (κ1) is 16.7. The maximum Gasteiger partial charge on any atom is 0.274 e. The van der Waals surface area contributed by atoms with Crippen LogP contribution in [0.3, 0.4) is 0 Å². The molecular weight excluding hydrogens is 316 g/mol. The number of amides is 2. The smallest absolute Gasteiger partial charge is 0.274 e. The molecule has 2 N–H and O–H groups in total. The highest BCUT2D eigenvalue weighted by atomic mass is 16.2. The van der Waals surface area contributed by atoms with Crippen LogP contribution in [0.4, 0.5) is 5.69 Å². The number of hydrogen-bond donors (Lipinski definition) is 2. The Kier molecular flexibility index (Phi) is 5.05. The summed E-state index contributed by atoms with van der Waals surface area (Å²) in [7, 11) is 0. The Morgan fingerprint density at radius 2 is 1.80 bits per heavy atom. The zero-order chi connectivity index (χ0) is 17.6. The lowest BCUT2D eigenvalue weighted by atomic mass is 10.1. The molecule has 6 nitrogen and oxygen atoms in total. The van der Waals surface area contributed by atoms with Crippen LogP contribution in [0.5, 0.6) is 0 Å². The molecule has 1 aliphatic carbocycles. The van der Waals surface area contributed by atoms with Gasteiger partial charge in [0.25, 0.3) is 11.8 Å². The Morgan fingerprint density at radius 3 is 2.48 bits per heavy atom. The van der Waals surface area contributed by atoms with Crippen molar-refractivity contribution < 1.29 is 9.59 Å². The molecule has 25 heavy (non-hydrogen) atoms. The van der Waals surface area contributed by atoms with Crippen molar-refractivity contribution in [2.45, 2.75) is 31.7 Å². The zero-order valence-electron chi connectivity index (χ0n) is 13.7. The first-order valence-corrected chi connectivity index (χ1v) is 8.24. The van der Waals surface area contributed by atoms with Gasteiger partial charge in [0.1, 0.15) is 5.69 Å². The quantitative estimate of drug-likeness (QED) is 0.899. The van der Waals surface area contributed by atoms with Gasteiger partial charge in [-0.25, -0.2) is 0 Å². The Labute approximate surface area is 145 Å². The molecular formula is C19H18N4O2. The summed E-state index contributed by atoms with van der Waals surface area (Å²) in [6.07, 6.45) is 5.74. The van der Waals surface area contributed by atoms with Crippen LogP contribution < -0.4 is 10.6 Å². The molecule has 2 aromatic rings. The van der Waals surface area contributed by atoms with Crippen LogP contribution in [0, 0.1) is 11.3 Å². The van der Waals surface area contributed by atoms with Crippen LogP contribution in [-0.4, -0.2) is 22.8 Å². The molecule has 1 fully saturated rings. The average molecular weight is 334 g/mol. The highest BCUT2D eigenvalue weighted by molar-refractivity contribution is 6.04. The van der Waals surface area contributed by atoms with Gasteiger partial charge in [-0.3, -0.25) is 14.6 Å². The van der Waals surface area contributed by atoms with E-state index in [9.17, 15) is 9.59 Å². The van der Waals surface area contributed by atoms with Gasteiger partial charge in [-0.15, -0.1) is 0 Å². The molecule has 1 heterocycles. The molecule has 6 heteroatoms. The largest absolute Gasteiger partial charge is 0.349 e. The minimum Gasteiger partial charge on any atom is -0.349 e. The van der Waals surface area contributed by atoms with Crippen molar-refractivity contribution in [2.24, 2.45) is 0 Å². The first-order valence-electron chi connectivity index (χ1n) is 8.24. The summed E-state index contributed by atoms with van der Waals surface area (Å²) in [4.78, 5) is 28.7. The van der Waals surface area contributed by atoms with Gasteiger partial charge in [0, 0.05) is 23.5 Å². The van der Waals surface area contributed by atoms with Gasteiger partial charge >= 0.3 is 0 Å². The number of hydrogen-bond acceptors (Lipinski definition) is 4. The summed E-state index contributed by atoms with van der Waals surface area (Å²) in [6, 6.07) is 11.9. The van der Waals surface area contributed by atoms with E-state index in [0.29, 0.717) is 16.8 Å². The molecule has 126 valence electrons. The third kappa shape index (κ3) is 4.21. The van der Waals surface area contributed by atoms with Crippen LogP contribution in [0.2, 0.25) is 0 Å². The normalized spacial score (nSPS) is 13.9. The fourth-order valence-corrected chi connectivity index (χ4v) is 2.86. The summed E-state index contributed by atoms with van der Waals surface area (Å²) < 4.78 is 0. The van der Waals surface area contributed by atoms with Crippen molar-refractivity contribution in [2.75, 3.05) is 5.32 Å². The number of benzene rings is 1. The van der Waals surface area contributed by atoms with E-state index in [0.717, 1.165) is 25.7 Å². The number of pyridine rings is 1. The monoisotopic (exact) mass is 334 g/mol. The van der Waals surface area contributed by atoms with E-state index in [2.05, 4.69) is 15.6 Å². The summed E-state index contributed by atoms with van der Waals surface area (Å²) in [5.41, 5.74) is 1.67. The standard InChI is InChI=1S/C19H18N4O2/c20-12-13-5-7-16(8-6-13)23-19(25)17-11-14(9-10-21-17)18(24)22-15-3-1-2-4-15/h5-11,15H,1-4H2,(H,22,24)(H,23,25). The number of rotatable bonds is 4. The Balaban J connectivity index is 1.68. The summed E-state index contributed by atoms with van der Waals surface area (Å²) in [5.74, 6) is -0.582. The minimum absolute atomic E-state index is 0.170. The molecule has 0 atom stereocenters. The molecule has 1 aromatic heterocycles. The fraction of sp³-hybridized carbons (Fsp3) is 0.263. The maximum atomic E-state index is 12.3. The first-order chi connectivity index (χ1) is 12.2. The van der Waals surface area contributed by atoms with E-state index in [4.69, 9.17) is 5.26 Å². The SMILES string of the molecule is N#Cc1ccc(NC(=O)c2cc(C(=O)NC3CCCC3)ccn2)cc1. The van der Waals surface area contributed by atoms with Crippen molar-refractivity contribution >= 4 is 17.5 Å². The average Bonchev–Trinajstić information content (AvgIpc) is 3.15. The molecule has 0 radical (unpaired) electrons. The molecule has 1 aliphatic rings. The molecule has 1 saturated carbocycles. The van der Waals surface area contributed by atoms with Crippen LogP contribution >= 0.6 is 0 Å². The summed E-state index contributed by atoms with van der Waals surface area (Å²) in [6.45, 7) is 0. The van der Waals surface area contributed by atoms with Gasteiger partial charge in [-0.1, -0.05) is 12.8 Å². The third-order valence-corrected chi connectivity index (χ3v) is 4.22. The van der Waals surface area contributed by atoms with Crippen molar-refractivity contribution in [1.29, 1.82) is 5.26 Å². The van der Waals surface area contributed by atoms with Gasteiger partial charge in [-0.05, 0) is 49.2 Å². The number of nitriles is 1. The number of nitrogens with one attached hydrogen (secondary N) is 2. The molecule has 0 aliphatic heterocycles. The molecule has 0 unspecified atom stereocenters. The van der Waals surface area contributed by atoms with Gasteiger partial charge in [0.05, 0.1) is 11.6 Å². The number of carbonyl (C=O) groups is 2. The number of nitrogens with zero attached hydrogens (tertiary/aromatic N) is 2. The fourth-order valence-electron chi connectivity index (χ4n) is 2.86. The minimum atomic E-state index is -0.403. The van der Waals surface area contributed by atoms with E-state index in [1.165, 1.54) is 12.3 Å². The topological polar surface area (TPSA) is 94.9 Å². The zero-order valence-corrected chi connectivity index (χ0v) is 13.7. The number of anilines is 1.